The van der Waals surface area contributed by atoms with E-state index in [4.69, 9.17) is 0 Å². The van der Waals surface area contributed by atoms with Gasteiger partial charge in [0.05, 0.1) is 0 Å². The normalized spacial score (nSPS) is 13.1. The number of hydrogen-bond acceptors (Lipinski definition) is 0. The van der Waals surface area contributed by atoms with Gasteiger partial charge >= 0.3 is 0 Å². The molecule has 1 aliphatic rings. The average molecular weight is 649 g/mol. The van der Waals surface area contributed by atoms with Crippen LogP contribution in [-0.2, 0) is 5.41 Å². The van der Waals surface area contributed by atoms with E-state index >= 15 is 0 Å². The smallest absolute Gasteiger partial charge is 0.0165 e. The molecule has 0 amide bonds. The van der Waals surface area contributed by atoms with Crippen LogP contribution in [0.2, 0.25) is 0 Å². The van der Waals surface area contributed by atoms with Gasteiger partial charge in [-0.1, -0.05) is 190 Å². The first-order valence-electron chi connectivity index (χ1n) is 17.9. The molecule has 0 saturated heterocycles. The van der Waals surface area contributed by atoms with Gasteiger partial charge in [-0.2, -0.15) is 0 Å². The lowest BCUT2D eigenvalue weighted by Crippen LogP contribution is -2.15. The van der Waals surface area contributed by atoms with Crippen LogP contribution >= 0.6 is 0 Å². The highest BCUT2D eigenvalue weighted by Gasteiger charge is 2.38. The Morgan fingerprint density at radius 2 is 0.843 bits per heavy atom. The summed E-state index contributed by atoms with van der Waals surface area (Å²) >= 11 is 0. The molecule has 0 heteroatoms. The molecular formula is C51H36. The Morgan fingerprint density at radius 3 is 1.57 bits per heavy atom. The Balaban J connectivity index is 1.21. The second kappa shape index (κ2) is 11.4. The molecule has 9 aromatic carbocycles. The Labute approximate surface area is 299 Å². The number of benzene rings is 9. The minimum Gasteiger partial charge on any atom is -0.0622 e. The predicted molar refractivity (Wildman–Crippen MR) is 218 cm³/mol. The van der Waals surface area contributed by atoms with E-state index in [1.54, 1.807) is 0 Å². The summed E-state index contributed by atoms with van der Waals surface area (Å²) in [6.07, 6.45) is 0. The molecule has 0 atom stereocenters. The van der Waals surface area contributed by atoms with Crippen molar-refractivity contribution >= 4 is 32.3 Å². The molecule has 240 valence electrons. The average Bonchev–Trinajstić information content (AvgIpc) is 3.43. The van der Waals surface area contributed by atoms with E-state index < -0.39 is 0 Å². The molecule has 0 bridgehead atoms. The molecule has 0 saturated carbocycles. The highest BCUT2D eigenvalue weighted by Crippen LogP contribution is 2.54. The van der Waals surface area contributed by atoms with E-state index in [2.05, 4.69) is 196 Å². The first-order valence-corrected chi connectivity index (χ1v) is 17.9. The number of fused-ring (bicyclic) bond motifs is 7. The molecule has 0 aliphatic heterocycles. The molecular weight excluding hydrogens is 613 g/mol. The molecule has 0 radical (unpaired) electrons. The molecule has 0 heterocycles. The lowest BCUT2D eigenvalue weighted by Gasteiger charge is -2.23. The number of rotatable bonds is 4. The quantitative estimate of drug-likeness (QED) is 0.167. The molecule has 0 N–H and O–H groups in total. The molecule has 10 rings (SSSR count). The van der Waals surface area contributed by atoms with Crippen LogP contribution in [0.15, 0.2) is 182 Å². The van der Waals surface area contributed by atoms with Crippen molar-refractivity contribution in [2.45, 2.75) is 19.3 Å². The summed E-state index contributed by atoms with van der Waals surface area (Å²) in [4.78, 5) is 0. The summed E-state index contributed by atoms with van der Waals surface area (Å²) in [6.45, 7) is 4.78. The summed E-state index contributed by atoms with van der Waals surface area (Å²) in [5, 5.41) is 7.72. The Hall–Kier alpha value is -6.24. The van der Waals surface area contributed by atoms with Crippen LogP contribution in [0.25, 0.3) is 88.0 Å². The lowest BCUT2D eigenvalue weighted by molar-refractivity contribution is 0.666. The van der Waals surface area contributed by atoms with Gasteiger partial charge < -0.3 is 0 Å². The Kier molecular flexibility index (Phi) is 6.63. The standard InChI is InChI=1S/C51H36/c1-51(2)46-29-15-28-38(49(46)45-31-30-34-18-6-7-22-39(34)50(45)51)35-19-14-20-36(32-35)47-41-24-10-12-26-43(41)48(44-27-13-11-25-42(44)47)40-23-9-8-21-37(40)33-16-4-3-5-17-33/h3-32H,1-2H3. The third-order valence-corrected chi connectivity index (χ3v) is 11.2. The van der Waals surface area contributed by atoms with Crippen LogP contribution in [0.4, 0.5) is 0 Å². The lowest BCUT2D eigenvalue weighted by atomic mass is 9.80. The maximum absolute atomic E-state index is 2.42. The van der Waals surface area contributed by atoms with Gasteiger partial charge in [0, 0.05) is 5.41 Å². The van der Waals surface area contributed by atoms with Crippen LogP contribution < -0.4 is 0 Å². The molecule has 0 nitrogen and oxygen atoms in total. The van der Waals surface area contributed by atoms with Crippen molar-refractivity contribution in [2.24, 2.45) is 0 Å². The van der Waals surface area contributed by atoms with Crippen molar-refractivity contribution in [1.29, 1.82) is 0 Å². The maximum atomic E-state index is 2.42. The van der Waals surface area contributed by atoms with Gasteiger partial charge in [-0.15, -0.1) is 0 Å². The van der Waals surface area contributed by atoms with Gasteiger partial charge in [0.2, 0.25) is 0 Å². The van der Waals surface area contributed by atoms with E-state index in [1.165, 1.54) is 99.1 Å². The van der Waals surface area contributed by atoms with Gasteiger partial charge in [-0.25, -0.2) is 0 Å². The fourth-order valence-electron chi connectivity index (χ4n) is 9.03. The van der Waals surface area contributed by atoms with Crippen molar-refractivity contribution in [2.75, 3.05) is 0 Å². The van der Waals surface area contributed by atoms with Gasteiger partial charge in [0.1, 0.15) is 0 Å². The monoisotopic (exact) mass is 648 g/mol. The SMILES string of the molecule is CC1(C)c2cccc(-c3cccc(-c4c5ccccc5c(-c5ccccc5-c5ccccc5)c5ccccc45)c3)c2-c2ccc3ccccc3c21. The summed E-state index contributed by atoms with van der Waals surface area (Å²) in [7, 11) is 0. The van der Waals surface area contributed by atoms with E-state index in [0.717, 1.165) is 0 Å². The first kappa shape index (κ1) is 29.7. The third-order valence-electron chi connectivity index (χ3n) is 11.2. The molecule has 51 heavy (non-hydrogen) atoms. The Morgan fingerprint density at radius 1 is 0.314 bits per heavy atom. The molecule has 0 fully saturated rings. The summed E-state index contributed by atoms with van der Waals surface area (Å²) in [5.74, 6) is 0. The second-order valence-electron chi connectivity index (χ2n) is 14.4. The molecule has 0 unspecified atom stereocenters. The van der Waals surface area contributed by atoms with Crippen molar-refractivity contribution in [3.05, 3.63) is 193 Å². The van der Waals surface area contributed by atoms with Gasteiger partial charge in [0.25, 0.3) is 0 Å². The topological polar surface area (TPSA) is 0 Å². The van der Waals surface area contributed by atoms with E-state index in [0.29, 0.717) is 0 Å². The minimum absolute atomic E-state index is 0.0998. The van der Waals surface area contributed by atoms with Crippen LogP contribution in [0.3, 0.4) is 0 Å². The first-order chi connectivity index (χ1) is 25.1. The van der Waals surface area contributed by atoms with Crippen LogP contribution in [-0.4, -0.2) is 0 Å². The Bertz CT molecular complexity index is 2760. The maximum Gasteiger partial charge on any atom is 0.0165 e. The zero-order valence-corrected chi connectivity index (χ0v) is 28.8. The minimum atomic E-state index is -0.0998. The van der Waals surface area contributed by atoms with Gasteiger partial charge in [-0.05, 0) is 105 Å². The van der Waals surface area contributed by atoms with Crippen molar-refractivity contribution in [3.63, 3.8) is 0 Å². The second-order valence-corrected chi connectivity index (χ2v) is 14.4. The number of hydrogen-bond donors (Lipinski definition) is 0. The highest BCUT2D eigenvalue weighted by atomic mass is 14.4. The van der Waals surface area contributed by atoms with Gasteiger partial charge in [-0.3, -0.25) is 0 Å². The van der Waals surface area contributed by atoms with E-state index in [1.807, 2.05) is 0 Å². The van der Waals surface area contributed by atoms with E-state index in [9.17, 15) is 0 Å². The summed E-state index contributed by atoms with van der Waals surface area (Å²) < 4.78 is 0. The van der Waals surface area contributed by atoms with Gasteiger partial charge in [0.15, 0.2) is 0 Å². The zero-order valence-electron chi connectivity index (χ0n) is 28.8. The summed E-state index contributed by atoms with van der Waals surface area (Å²) in [5.41, 5.74) is 15.5. The zero-order chi connectivity index (χ0) is 34.1. The molecule has 0 aromatic heterocycles. The predicted octanol–water partition coefficient (Wildman–Crippen LogP) is 14.1. The van der Waals surface area contributed by atoms with Crippen molar-refractivity contribution < 1.29 is 0 Å². The molecule has 1 aliphatic carbocycles. The van der Waals surface area contributed by atoms with Crippen LogP contribution in [0.5, 0.6) is 0 Å². The van der Waals surface area contributed by atoms with Crippen LogP contribution in [0.1, 0.15) is 25.0 Å². The van der Waals surface area contributed by atoms with Crippen molar-refractivity contribution in [1.82, 2.24) is 0 Å². The fourth-order valence-corrected chi connectivity index (χ4v) is 9.03. The van der Waals surface area contributed by atoms with Crippen LogP contribution in [0, 0.1) is 0 Å². The fraction of sp³-hybridized carbons (Fsp3) is 0.0588. The van der Waals surface area contributed by atoms with Crippen molar-refractivity contribution in [3.8, 4) is 55.6 Å². The molecule has 9 aromatic rings. The molecule has 0 spiro atoms. The highest BCUT2D eigenvalue weighted by molar-refractivity contribution is 6.22. The van der Waals surface area contributed by atoms with E-state index in [-0.39, 0.29) is 5.41 Å². The third kappa shape index (κ3) is 4.46. The summed E-state index contributed by atoms with van der Waals surface area (Å²) in [6, 6.07) is 67.2. The largest absolute Gasteiger partial charge is 0.0622 e.